The van der Waals surface area contributed by atoms with E-state index in [0.717, 1.165) is 17.0 Å². The molecule has 6 nitrogen and oxygen atoms in total. The van der Waals surface area contributed by atoms with Crippen LogP contribution in [0.25, 0.3) is 11.3 Å². The number of aromatic carboxylic acids is 1. The van der Waals surface area contributed by atoms with Crippen LogP contribution in [0.3, 0.4) is 0 Å². The summed E-state index contributed by atoms with van der Waals surface area (Å²) in [6.07, 6.45) is 1.56. The first-order valence-corrected chi connectivity index (χ1v) is 7.57. The molecule has 0 spiro atoms. The summed E-state index contributed by atoms with van der Waals surface area (Å²) in [6, 6.07) is 12.4. The third-order valence-electron chi connectivity index (χ3n) is 4.03. The van der Waals surface area contributed by atoms with Gasteiger partial charge in [0.1, 0.15) is 23.5 Å². The molecule has 3 rings (SSSR count). The predicted octanol–water partition coefficient (Wildman–Crippen LogP) is 3.83. The molecule has 2 heterocycles. The Labute approximate surface area is 139 Å². The van der Waals surface area contributed by atoms with Crippen molar-refractivity contribution in [1.29, 1.82) is 0 Å². The van der Waals surface area contributed by atoms with Crippen molar-refractivity contribution in [3.63, 3.8) is 0 Å². The standard InChI is InChI=1S/C18H18N2O4/c1-12(16-9-10-23-19-16)20(2)11-15-7-8-17(24-15)13-3-5-14(6-4-13)18(21)22/h3-10,12H,11H2,1-2H3,(H,21,22)/t12-/m0/s1. The molecule has 6 heteroatoms. The van der Waals surface area contributed by atoms with Gasteiger partial charge in [-0.2, -0.15) is 0 Å². The Hall–Kier alpha value is -2.86. The van der Waals surface area contributed by atoms with E-state index in [1.807, 2.05) is 32.2 Å². The molecule has 24 heavy (non-hydrogen) atoms. The molecule has 1 N–H and O–H groups in total. The van der Waals surface area contributed by atoms with E-state index < -0.39 is 5.97 Å². The van der Waals surface area contributed by atoms with Gasteiger partial charge in [-0.05, 0) is 38.2 Å². The van der Waals surface area contributed by atoms with Crippen LogP contribution in [0.2, 0.25) is 0 Å². The number of carboxylic acid groups (broad SMARTS) is 1. The molecule has 0 radical (unpaired) electrons. The highest BCUT2D eigenvalue weighted by molar-refractivity contribution is 5.88. The van der Waals surface area contributed by atoms with Gasteiger partial charge in [-0.25, -0.2) is 4.79 Å². The van der Waals surface area contributed by atoms with Crippen LogP contribution in [-0.4, -0.2) is 28.2 Å². The van der Waals surface area contributed by atoms with Gasteiger partial charge in [-0.15, -0.1) is 0 Å². The molecule has 2 aromatic heterocycles. The van der Waals surface area contributed by atoms with Crippen molar-refractivity contribution in [1.82, 2.24) is 10.1 Å². The van der Waals surface area contributed by atoms with E-state index in [9.17, 15) is 4.79 Å². The van der Waals surface area contributed by atoms with E-state index in [-0.39, 0.29) is 11.6 Å². The van der Waals surface area contributed by atoms with Crippen LogP contribution in [0.5, 0.6) is 0 Å². The average Bonchev–Trinajstić information content (AvgIpc) is 3.26. The fourth-order valence-electron chi connectivity index (χ4n) is 2.44. The zero-order valence-corrected chi connectivity index (χ0v) is 13.5. The summed E-state index contributed by atoms with van der Waals surface area (Å²) >= 11 is 0. The minimum absolute atomic E-state index is 0.104. The van der Waals surface area contributed by atoms with Gasteiger partial charge < -0.3 is 14.0 Å². The first-order chi connectivity index (χ1) is 11.5. The van der Waals surface area contributed by atoms with Crippen LogP contribution < -0.4 is 0 Å². The summed E-state index contributed by atoms with van der Waals surface area (Å²) in [4.78, 5) is 13.0. The van der Waals surface area contributed by atoms with Crippen molar-refractivity contribution in [2.45, 2.75) is 19.5 Å². The number of hydrogen-bond acceptors (Lipinski definition) is 5. The van der Waals surface area contributed by atoms with E-state index in [4.69, 9.17) is 14.0 Å². The summed E-state index contributed by atoms with van der Waals surface area (Å²) in [7, 11) is 1.99. The molecule has 1 atom stereocenters. The molecule has 0 amide bonds. The van der Waals surface area contributed by atoms with Crippen LogP contribution in [0, 0.1) is 0 Å². The average molecular weight is 326 g/mol. The number of hydrogen-bond donors (Lipinski definition) is 1. The lowest BCUT2D eigenvalue weighted by Gasteiger charge is -2.21. The number of furan rings is 1. The zero-order valence-electron chi connectivity index (χ0n) is 13.5. The largest absolute Gasteiger partial charge is 0.478 e. The Balaban J connectivity index is 1.70. The van der Waals surface area contributed by atoms with Gasteiger partial charge in [0.2, 0.25) is 0 Å². The lowest BCUT2D eigenvalue weighted by atomic mass is 10.1. The number of aromatic nitrogens is 1. The lowest BCUT2D eigenvalue weighted by Crippen LogP contribution is -2.21. The highest BCUT2D eigenvalue weighted by Crippen LogP contribution is 2.25. The van der Waals surface area contributed by atoms with Crippen LogP contribution in [0.4, 0.5) is 0 Å². The molecular weight excluding hydrogens is 308 g/mol. The van der Waals surface area contributed by atoms with Gasteiger partial charge in [0.05, 0.1) is 18.2 Å². The van der Waals surface area contributed by atoms with E-state index in [0.29, 0.717) is 12.3 Å². The van der Waals surface area contributed by atoms with Gasteiger partial charge in [0, 0.05) is 11.6 Å². The van der Waals surface area contributed by atoms with Gasteiger partial charge >= 0.3 is 5.97 Å². The van der Waals surface area contributed by atoms with Crippen molar-refractivity contribution < 1.29 is 18.8 Å². The highest BCUT2D eigenvalue weighted by Gasteiger charge is 2.16. The van der Waals surface area contributed by atoms with Crippen molar-refractivity contribution in [3.05, 3.63) is 65.7 Å². The second-order valence-electron chi connectivity index (χ2n) is 5.66. The summed E-state index contributed by atoms with van der Waals surface area (Å²) < 4.78 is 10.8. The Morgan fingerprint density at radius 3 is 2.58 bits per heavy atom. The third kappa shape index (κ3) is 3.38. The summed E-state index contributed by atoms with van der Waals surface area (Å²) in [5.74, 6) is 0.597. The molecule has 0 saturated heterocycles. The van der Waals surface area contributed by atoms with Gasteiger partial charge in [0.15, 0.2) is 0 Å². The Morgan fingerprint density at radius 2 is 1.96 bits per heavy atom. The maximum Gasteiger partial charge on any atom is 0.335 e. The van der Waals surface area contributed by atoms with Gasteiger partial charge in [0.25, 0.3) is 0 Å². The summed E-state index contributed by atoms with van der Waals surface area (Å²) in [5, 5.41) is 12.9. The number of benzene rings is 1. The fraction of sp³-hybridized carbons (Fsp3) is 0.222. The number of carbonyl (C=O) groups is 1. The van der Waals surface area contributed by atoms with E-state index >= 15 is 0 Å². The minimum atomic E-state index is -0.940. The summed E-state index contributed by atoms with van der Waals surface area (Å²) in [5.41, 5.74) is 1.97. The Morgan fingerprint density at radius 1 is 1.21 bits per heavy atom. The maximum absolute atomic E-state index is 10.9. The molecule has 0 saturated carbocycles. The van der Waals surface area contributed by atoms with Crippen LogP contribution in [0.15, 0.2) is 57.7 Å². The Kier molecular flexibility index (Phi) is 4.48. The smallest absolute Gasteiger partial charge is 0.335 e. The van der Waals surface area contributed by atoms with Crippen molar-refractivity contribution in [2.24, 2.45) is 0 Å². The van der Waals surface area contributed by atoms with E-state index in [1.165, 1.54) is 0 Å². The fourth-order valence-corrected chi connectivity index (χ4v) is 2.44. The van der Waals surface area contributed by atoms with Gasteiger partial charge in [-0.1, -0.05) is 17.3 Å². The molecule has 0 fully saturated rings. The van der Waals surface area contributed by atoms with E-state index in [2.05, 4.69) is 10.1 Å². The topological polar surface area (TPSA) is 79.7 Å². The monoisotopic (exact) mass is 326 g/mol. The molecule has 124 valence electrons. The quantitative estimate of drug-likeness (QED) is 0.741. The SMILES string of the molecule is C[C@@H](c1ccon1)N(C)Cc1ccc(-c2ccc(C(=O)O)cc2)o1. The summed E-state index contributed by atoms with van der Waals surface area (Å²) in [6.45, 7) is 2.67. The molecule has 0 aliphatic carbocycles. The normalized spacial score (nSPS) is 12.5. The number of carboxylic acids is 1. The zero-order chi connectivity index (χ0) is 17.1. The molecule has 0 unspecified atom stereocenters. The molecule has 0 bridgehead atoms. The molecule has 3 aromatic rings. The van der Waals surface area contributed by atoms with Crippen LogP contribution in [-0.2, 0) is 6.54 Å². The first kappa shape index (κ1) is 16.0. The third-order valence-corrected chi connectivity index (χ3v) is 4.03. The van der Waals surface area contributed by atoms with Crippen molar-refractivity contribution in [3.8, 4) is 11.3 Å². The Bertz CT molecular complexity index is 806. The van der Waals surface area contributed by atoms with E-state index in [1.54, 1.807) is 30.5 Å². The van der Waals surface area contributed by atoms with Crippen molar-refractivity contribution in [2.75, 3.05) is 7.05 Å². The maximum atomic E-state index is 10.9. The molecule has 0 aliphatic heterocycles. The second-order valence-corrected chi connectivity index (χ2v) is 5.66. The molecule has 0 aliphatic rings. The second kappa shape index (κ2) is 6.72. The highest BCUT2D eigenvalue weighted by atomic mass is 16.5. The van der Waals surface area contributed by atoms with Crippen LogP contribution in [0.1, 0.15) is 34.8 Å². The van der Waals surface area contributed by atoms with Crippen LogP contribution >= 0.6 is 0 Å². The minimum Gasteiger partial charge on any atom is -0.478 e. The van der Waals surface area contributed by atoms with Crippen molar-refractivity contribution >= 4 is 5.97 Å². The van der Waals surface area contributed by atoms with Gasteiger partial charge in [-0.3, -0.25) is 4.90 Å². The molecule has 1 aromatic carbocycles. The number of rotatable bonds is 6. The first-order valence-electron chi connectivity index (χ1n) is 7.57. The predicted molar refractivity (Wildman–Crippen MR) is 87.5 cm³/mol. The molecular formula is C18H18N2O4. The number of nitrogens with zero attached hydrogens (tertiary/aromatic N) is 2. The lowest BCUT2D eigenvalue weighted by molar-refractivity contribution is 0.0697.